The van der Waals surface area contributed by atoms with Crippen molar-refractivity contribution < 1.29 is 19.1 Å². The molecule has 2 amide bonds. The molecule has 2 aromatic carbocycles. The number of ether oxygens (including phenoxy) is 1. The van der Waals surface area contributed by atoms with Crippen LogP contribution in [-0.2, 0) is 20.7 Å². The van der Waals surface area contributed by atoms with Gasteiger partial charge in [-0.1, -0.05) is 30.3 Å². The van der Waals surface area contributed by atoms with Crippen molar-refractivity contribution in [1.29, 1.82) is 0 Å². The molecule has 2 aromatic rings. The minimum atomic E-state index is -0.990. The van der Waals surface area contributed by atoms with Crippen LogP contribution >= 0.6 is 0 Å². The van der Waals surface area contributed by atoms with Gasteiger partial charge in [0.25, 0.3) is 0 Å². The van der Waals surface area contributed by atoms with Crippen molar-refractivity contribution in [2.45, 2.75) is 26.2 Å². The Morgan fingerprint density at radius 3 is 2.25 bits per heavy atom. The number of anilines is 1. The fourth-order valence-corrected chi connectivity index (χ4v) is 2.97. The molecule has 0 heterocycles. The third kappa shape index (κ3) is 4.57. The molecule has 6 heteroatoms. The quantitative estimate of drug-likeness (QED) is 0.545. The van der Waals surface area contributed by atoms with E-state index >= 15 is 0 Å². The van der Waals surface area contributed by atoms with Crippen LogP contribution in [0.25, 0.3) is 0 Å². The normalized spacial score (nSPS) is 14.0. The van der Waals surface area contributed by atoms with Crippen LogP contribution in [0, 0.1) is 5.41 Å². The molecule has 3 rings (SSSR count). The first-order chi connectivity index (χ1) is 13.5. The van der Waals surface area contributed by atoms with Crippen LogP contribution in [0.15, 0.2) is 54.6 Å². The monoisotopic (exact) mass is 380 g/mol. The minimum Gasteiger partial charge on any atom is -0.462 e. The lowest BCUT2D eigenvalue weighted by Gasteiger charge is -2.15. The first kappa shape index (κ1) is 19.6. The average molecular weight is 380 g/mol. The highest BCUT2D eigenvalue weighted by Gasteiger charge is 2.56. The summed E-state index contributed by atoms with van der Waals surface area (Å²) in [7, 11) is 0. The van der Waals surface area contributed by atoms with Gasteiger partial charge < -0.3 is 15.4 Å². The van der Waals surface area contributed by atoms with Crippen LogP contribution < -0.4 is 10.6 Å². The van der Waals surface area contributed by atoms with Gasteiger partial charge in [-0.25, -0.2) is 4.79 Å². The lowest BCUT2D eigenvalue weighted by Crippen LogP contribution is -2.40. The average Bonchev–Trinajstić information content (AvgIpc) is 3.52. The topological polar surface area (TPSA) is 84.5 Å². The summed E-state index contributed by atoms with van der Waals surface area (Å²) >= 11 is 0. The maximum Gasteiger partial charge on any atom is 0.338 e. The molecule has 1 aliphatic carbocycles. The lowest BCUT2D eigenvalue weighted by atomic mass is 10.0. The number of carbonyl (C=O) groups is 3. The Balaban J connectivity index is 1.53. The maximum atomic E-state index is 12.6. The molecule has 0 unspecified atom stereocenters. The number of hydrogen-bond acceptors (Lipinski definition) is 4. The number of esters is 1. The fraction of sp³-hybridized carbons (Fsp3) is 0.318. The van der Waals surface area contributed by atoms with Gasteiger partial charge in [-0.3, -0.25) is 9.59 Å². The Morgan fingerprint density at radius 2 is 1.64 bits per heavy atom. The van der Waals surface area contributed by atoms with Crippen molar-refractivity contribution in [2.24, 2.45) is 5.41 Å². The van der Waals surface area contributed by atoms with Gasteiger partial charge >= 0.3 is 5.97 Å². The highest BCUT2D eigenvalue weighted by molar-refractivity contribution is 6.13. The molecule has 0 aliphatic heterocycles. The van der Waals surface area contributed by atoms with E-state index in [1.807, 2.05) is 30.3 Å². The van der Waals surface area contributed by atoms with Crippen LogP contribution in [0.5, 0.6) is 0 Å². The molecule has 6 nitrogen and oxygen atoms in total. The highest BCUT2D eigenvalue weighted by atomic mass is 16.5. The maximum absolute atomic E-state index is 12.6. The summed E-state index contributed by atoms with van der Waals surface area (Å²) in [4.78, 5) is 36.8. The number of hydrogen-bond donors (Lipinski definition) is 2. The van der Waals surface area contributed by atoms with E-state index in [0.717, 1.165) is 12.0 Å². The van der Waals surface area contributed by atoms with Crippen molar-refractivity contribution in [2.75, 3.05) is 18.5 Å². The van der Waals surface area contributed by atoms with Crippen LogP contribution in [0.3, 0.4) is 0 Å². The number of rotatable bonds is 8. The van der Waals surface area contributed by atoms with Crippen LogP contribution in [0.2, 0.25) is 0 Å². The Hall–Kier alpha value is -3.15. The molecular formula is C22H24N2O4. The van der Waals surface area contributed by atoms with Gasteiger partial charge in [-0.15, -0.1) is 0 Å². The summed E-state index contributed by atoms with van der Waals surface area (Å²) in [5.74, 6) is -0.950. The number of nitrogens with one attached hydrogen (secondary N) is 2. The summed E-state index contributed by atoms with van der Waals surface area (Å²) in [5.41, 5.74) is 1.11. The number of amides is 2. The van der Waals surface area contributed by atoms with Gasteiger partial charge in [0.05, 0.1) is 12.2 Å². The van der Waals surface area contributed by atoms with Crippen LogP contribution in [0.1, 0.15) is 35.7 Å². The van der Waals surface area contributed by atoms with Crippen molar-refractivity contribution in [3.05, 3.63) is 65.7 Å². The predicted molar refractivity (Wildman–Crippen MR) is 106 cm³/mol. The summed E-state index contributed by atoms with van der Waals surface area (Å²) in [5, 5.41) is 5.66. The molecule has 1 fully saturated rings. The summed E-state index contributed by atoms with van der Waals surface area (Å²) in [6.07, 6.45) is 1.80. The molecule has 146 valence electrons. The van der Waals surface area contributed by atoms with Crippen molar-refractivity contribution in [3.8, 4) is 0 Å². The molecule has 28 heavy (non-hydrogen) atoms. The van der Waals surface area contributed by atoms with E-state index in [2.05, 4.69) is 10.6 Å². The first-order valence-corrected chi connectivity index (χ1v) is 9.46. The van der Waals surface area contributed by atoms with Crippen molar-refractivity contribution in [3.63, 3.8) is 0 Å². The second-order valence-electron chi connectivity index (χ2n) is 6.83. The molecule has 0 bridgehead atoms. The molecule has 2 N–H and O–H groups in total. The zero-order chi connectivity index (χ0) is 20.0. The Kier molecular flexibility index (Phi) is 6.09. The molecule has 1 saturated carbocycles. The largest absolute Gasteiger partial charge is 0.462 e. The van der Waals surface area contributed by atoms with Crippen LogP contribution in [-0.4, -0.2) is 30.9 Å². The van der Waals surface area contributed by atoms with Crippen LogP contribution in [0.4, 0.5) is 5.69 Å². The number of benzene rings is 2. The van der Waals surface area contributed by atoms with Crippen molar-refractivity contribution in [1.82, 2.24) is 5.32 Å². The van der Waals surface area contributed by atoms with Gasteiger partial charge in [-0.05, 0) is 56.0 Å². The smallest absolute Gasteiger partial charge is 0.338 e. The predicted octanol–water partition coefficient (Wildman–Crippen LogP) is 2.94. The third-order valence-electron chi connectivity index (χ3n) is 4.82. The first-order valence-electron chi connectivity index (χ1n) is 9.46. The molecule has 0 radical (unpaired) electrons. The zero-order valence-electron chi connectivity index (χ0n) is 15.9. The van der Waals surface area contributed by atoms with E-state index in [0.29, 0.717) is 37.2 Å². The molecule has 1 aliphatic rings. The minimum absolute atomic E-state index is 0.232. The Labute approximate surface area is 164 Å². The summed E-state index contributed by atoms with van der Waals surface area (Å²) < 4.78 is 4.93. The summed E-state index contributed by atoms with van der Waals surface area (Å²) in [6.45, 7) is 2.54. The van der Waals surface area contributed by atoms with E-state index in [-0.39, 0.29) is 11.8 Å². The lowest BCUT2D eigenvalue weighted by molar-refractivity contribution is -0.134. The SMILES string of the molecule is CCOC(=O)c1ccc(NC(=O)C2(C(=O)NCCc3ccccc3)CC2)cc1. The fourth-order valence-electron chi connectivity index (χ4n) is 2.97. The summed E-state index contributed by atoms with van der Waals surface area (Å²) in [6, 6.07) is 16.3. The Morgan fingerprint density at radius 1 is 0.964 bits per heavy atom. The van der Waals surface area contributed by atoms with E-state index in [4.69, 9.17) is 4.74 Å². The highest BCUT2D eigenvalue weighted by Crippen LogP contribution is 2.46. The van der Waals surface area contributed by atoms with Gasteiger partial charge in [0.2, 0.25) is 11.8 Å². The molecule has 0 saturated heterocycles. The van der Waals surface area contributed by atoms with Gasteiger partial charge in [0.1, 0.15) is 5.41 Å². The van der Waals surface area contributed by atoms with Gasteiger partial charge in [-0.2, -0.15) is 0 Å². The van der Waals surface area contributed by atoms with Gasteiger partial charge in [0.15, 0.2) is 0 Å². The second-order valence-corrected chi connectivity index (χ2v) is 6.83. The van der Waals surface area contributed by atoms with E-state index < -0.39 is 11.4 Å². The second kappa shape index (κ2) is 8.69. The number of carbonyl (C=O) groups excluding carboxylic acids is 3. The van der Waals surface area contributed by atoms with E-state index in [1.54, 1.807) is 31.2 Å². The third-order valence-corrected chi connectivity index (χ3v) is 4.82. The zero-order valence-corrected chi connectivity index (χ0v) is 15.9. The van der Waals surface area contributed by atoms with Crippen molar-refractivity contribution >= 4 is 23.5 Å². The Bertz CT molecular complexity index is 843. The van der Waals surface area contributed by atoms with E-state index in [9.17, 15) is 14.4 Å². The standard InChI is InChI=1S/C22H24N2O4/c1-2-28-19(25)17-8-10-18(11-9-17)24-21(27)22(13-14-22)20(26)23-15-12-16-6-4-3-5-7-16/h3-11H,2,12-15H2,1H3,(H,23,26)(H,24,27). The molecular weight excluding hydrogens is 356 g/mol. The van der Waals surface area contributed by atoms with Gasteiger partial charge in [0, 0.05) is 12.2 Å². The molecule has 0 atom stereocenters. The van der Waals surface area contributed by atoms with E-state index in [1.165, 1.54) is 0 Å². The molecule has 0 aromatic heterocycles. The molecule has 0 spiro atoms.